The van der Waals surface area contributed by atoms with Crippen molar-refractivity contribution in [2.75, 3.05) is 31.1 Å². The molecule has 0 fully saturated rings. The Hall–Kier alpha value is -3.27. The van der Waals surface area contributed by atoms with E-state index in [1.165, 1.54) is 17.9 Å². The van der Waals surface area contributed by atoms with Gasteiger partial charge in [-0.25, -0.2) is 9.07 Å². The Labute approximate surface area is 171 Å². The van der Waals surface area contributed by atoms with Crippen LogP contribution in [0.3, 0.4) is 0 Å². The lowest BCUT2D eigenvalue weighted by molar-refractivity contribution is -0.113. The molecule has 0 atom stereocenters. The number of hydrogen-bond donors (Lipinski definition) is 2. The minimum Gasteiger partial charge on any atom is -0.493 e. The van der Waals surface area contributed by atoms with Crippen LogP contribution in [0.1, 0.15) is 5.56 Å². The van der Waals surface area contributed by atoms with Gasteiger partial charge < -0.3 is 20.6 Å². The van der Waals surface area contributed by atoms with Crippen LogP contribution in [0, 0.1) is 12.7 Å². The van der Waals surface area contributed by atoms with E-state index in [1.807, 2.05) is 0 Å². The summed E-state index contributed by atoms with van der Waals surface area (Å²) in [6.45, 7) is 1.65. The van der Waals surface area contributed by atoms with Gasteiger partial charge >= 0.3 is 0 Å². The smallest absolute Gasteiger partial charge is 0.234 e. The molecule has 3 N–H and O–H groups in total. The third-order valence-electron chi connectivity index (χ3n) is 4.09. The van der Waals surface area contributed by atoms with Crippen molar-refractivity contribution in [1.82, 2.24) is 14.9 Å². The summed E-state index contributed by atoms with van der Waals surface area (Å²) in [5, 5.41) is 11.1. The molecule has 0 saturated heterocycles. The van der Waals surface area contributed by atoms with Crippen LogP contribution in [0.15, 0.2) is 41.6 Å². The molecule has 2 aromatic carbocycles. The van der Waals surface area contributed by atoms with E-state index in [1.54, 1.807) is 44.4 Å². The zero-order valence-corrected chi connectivity index (χ0v) is 16.9. The number of anilines is 1. The molecule has 0 radical (unpaired) electrons. The topological polar surface area (TPSA) is 104 Å². The Bertz CT molecular complexity index is 1040. The normalized spacial score (nSPS) is 10.6. The van der Waals surface area contributed by atoms with Crippen molar-refractivity contribution in [3.05, 3.63) is 47.8 Å². The van der Waals surface area contributed by atoms with Crippen LogP contribution in [0.4, 0.5) is 10.1 Å². The van der Waals surface area contributed by atoms with Crippen molar-refractivity contribution < 1.29 is 18.7 Å². The summed E-state index contributed by atoms with van der Waals surface area (Å²) in [6.07, 6.45) is 0. The van der Waals surface area contributed by atoms with Crippen LogP contribution in [-0.4, -0.2) is 40.8 Å². The third-order valence-corrected chi connectivity index (χ3v) is 5.04. The summed E-state index contributed by atoms with van der Waals surface area (Å²) < 4.78 is 25.4. The number of carbonyl (C=O) groups is 1. The minimum atomic E-state index is -0.378. The Kier molecular flexibility index (Phi) is 6.23. The molecule has 3 aromatic rings. The number of nitrogens with zero attached hydrogens (tertiary/aromatic N) is 3. The molecule has 10 heteroatoms. The molecule has 0 aliphatic rings. The highest BCUT2D eigenvalue weighted by Gasteiger charge is 2.16. The van der Waals surface area contributed by atoms with E-state index in [0.717, 1.165) is 11.8 Å². The van der Waals surface area contributed by atoms with Crippen molar-refractivity contribution in [2.45, 2.75) is 12.1 Å². The molecule has 152 valence electrons. The molecule has 0 spiro atoms. The zero-order valence-electron chi connectivity index (χ0n) is 16.1. The number of carbonyl (C=O) groups excluding carboxylic acids is 1. The van der Waals surface area contributed by atoms with Crippen molar-refractivity contribution in [2.24, 2.45) is 0 Å². The lowest BCUT2D eigenvalue weighted by Gasteiger charge is -2.09. The Morgan fingerprint density at radius 2 is 1.93 bits per heavy atom. The quantitative estimate of drug-likeness (QED) is 0.450. The standard InChI is InChI=1S/C19H20FN5O3S/c1-11-4-6-13(9-14(11)20)22-17(26)10-29-19-24-23-18(25(19)21)12-5-7-15(27-2)16(8-12)28-3/h4-9H,10,21H2,1-3H3,(H,22,26). The molecule has 0 saturated carbocycles. The zero-order chi connectivity index (χ0) is 21.0. The lowest BCUT2D eigenvalue weighted by Crippen LogP contribution is -2.16. The summed E-state index contributed by atoms with van der Waals surface area (Å²) in [6, 6.07) is 9.77. The van der Waals surface area contributed by atoms with Crippen molar-refractivity contribution in [1.29, 1.82) is 0 Å². The molecule has 0 unspecified atom stereocenters. The Balaban J connectivity index is 1.68. The van der Waals surface area contributed by atoms with E-state index in [9.17, 15) is 9.18 Å². The van der Waals surface area contributed by atoms with Crippen molar-refractivity contribution in [3.8, 4) is 22.9 Å². The monoisotopic (exact) mass is 417 g/mol. The maximum absolute atomic E-state index is 13.6. The molecule has 1 heterocycles. The number of aromatic nitrogens is 3. The van der Waals surface area contributed by atoms with E-state index in [4.69, 9.17) is 15.3 Å². The molecule has 1 amide bonds. The number of rotatable bonds is 7. The van der Waals surface area contributed by atoms with Crippen LogP contribution in [0.25, 0.3) is 11.4 Å². The number of aryl methyl sites for hydroxylation is 1. The van der Waals surface area contributed by atoms with Gasteiger partial charge in [-0.15, -0.1) is 10.2 Å². The van der Waals surface area contributed by atoms with E-state index in [-0.39, 0.29) is 17.5 Å². The largest absolute Gasteiger partial charge is 0.493 e. The van der Waals surface area contributed by atoms with Crippen LogP contribution in [0.5, 0.6) is 11.5 Å². The fourth-order valence-electron chi connectivity index (χ4n) is 2.55. The van der Waals surface area contributed by atoms with E-state index in [2.05, 4.69) is 15.5 Å². The van der Waals surface area contributed by atoms with Gasteiger partial charge in [0.1, 0.15) is 5.82 Å². The highest BCUT2D eigenvalue weighted by atomic mass is 32.2. The van der Waals surface area contributed by atoms with Crippen LogP contribution in [-0.2, 0) is 4.79 Å². The second kappa shape index (κ2) is 8.82. The molecule has 0 aliphatic heterocycles. The van der Waals surface area contributed by atoms with Gasteiger partial charge in [-0.05, 0) is 42.8 Å². The summed E-state index contributed by atoms with van der Waals surface area (Å²) in [4.78, 5) is 12.1. The van der Waals surface area contributed by atoms with Crippen molar-refractivity contribution in [3.63, 3.8) is 0 Å². The first-order chi connectivity index (χ1) is 13.9. The summed E-state index contributed by atoms with van der Waals surface area (Å²) in [7, 11) is 3.09. The van der Waals surface area contributed by atoms with Crippen molar-refractivity contribution >= 4 is 23.4 Å². The second-order valence-corrected chi connectivity index (χ2v) is 6.99. The third kappa shape index (κ3) is 4.60. The first-order valence-electron chi connectivity index (χ1n) is 8.54. The highest BCUT2D eigenvalue weighted by Crippen LogP contribution is 2.32. The van der Waals surface area contributed by atoms with Gasteiger partial charge in [-0.3, -0.25) is 4.79 Å². The second-order valence-electron chi connectivity index (χ2n) is 6.05. The van der Waals surface area contributed by atoms with Gasteiger partial charge in [0.15, 0.2) is 17.3 Å². The lowest BCUT2D eigenvalue weighted by atomic mass is 10.2. The number of nitrogens with two attached hydrogens (primary N) is 1. The molecular weight excluding hydrogens is 397 g/mol. The number of nitrogen functional groups attached to an aromatic ring is 1. The Morgan fingerprint density at radius 3 is 2.62 bits per heavy atom. The summed E-state index contributed by atoms with van der Waals surface area (Å²) >= 11 is 1.12. The van der Waals surface area contributed by atoms with Gasteiger partial charge in [-0.2, -0.15) is 0 Å². The predicted octanol–water partition coefficient (Wildman–Crippen LogP) is 2.85. The van der Waals surface area contributed by atoms with Gasteiger partial charge in [0, 0.05) is 11.3 Å². The van der Waals surface area contributed by atoms with E-state index < -0.39 is 0 Å². The number of nitrogens with one attached hydrogen (secondary N) is 1. The highest BCUT2D eigenvalue weighted by molar-refractivity contribution is 7.99. The van der Waals surface area contributed by atoms with E-state index >= 15 is 0 Å². The average molecular weight is 417 g/mol. The van der Waals surface area contributed by atoms with Crippen LogP contribution in [0.2, 0.25) is 0 Å². The SMILES string of the molecule is COc1ccc(-c2nnc(SCC(=O)Nc3ccc(C)c(F)c3)n2N)cc1OC. The van der Waals surface area contributed by atoms with Gasteiger partial charge in [0.25, 0.3) is 0 Å². The first kappa shape index (κ1) is 20.5. The first-order valence-corrected chi connectivity index (χ1v) is 9.53. The van der Waals surface area contributed by atoms with Gasteiger partial charge in [0.2, 0.25) is 11.1 Å². The molecule has 0 bridgehead atoms. The van der Waals surface area contributed by atoms with Crippen LogP contribution >= 0.6 is 11.8 Å². The fraction of sp³-hybridized carbons (Fsp3) is 0.211. The molecule has 1 aromatic heterocycles. The molecular formula is C19H20FN5O3S. The predicted molar refractivity (Wildman–Crippen MR) is 109 cm³/mol. The summed E-state index contributed by atoms with van der Waals surface area (Å²) in [5.41, 5.74) is 1.58. The number of thioether (sulfide) groups is 1. The van der Waals surface area contributed by atoms with Crippen LogP contribution < -0.4 is 20.6 Å². The summed E-state index contributed by atoms with van der Waals surface area (Å²) in [5.74, 6) is 6.97. The molecule has 3 rings (SSSR count). The fourth-order valence-corrected chi connectivity index (χ4v) is 3.20. The number of amides is 1. The minimum absolute atomic E-state index is 0.0385. The maximum Gasteiger partial charge on any atom is 0.234 e. The molecule has 0 aliphatic carbocycles. The average Bonchev–Trinajstić information content (AvgIpc) is 3.09. The van der Waals surface area contributed by atoms with Gasteiger partial charge in [0.05, 0.1) is 20.0 Å². The molecule has 29 heavy (non-hydrogen) atoms. The van der Waals surface area contributed by atoms with E-state index in [0.29, 0.717) is 39.3 Å². The number of methoxy groups -OCH3 is 2. The maximum atomic E-state index is 13.6. The Morgan fingerprint density at radius 1 is 1.17 bits per heavy atom. The number of halogens is 1. The number of ether oxygens (including phenoxy) is 2. The molecule has 8 nitrogen and oxygen atoms in total. The number of hydrogen-bond acceptors (Lipinski definition) is 7. The van der Waals surface area contributed by atoms with Gasteiger partial charge in [-0.1, -0.05) is 17.8 Å². The number of benzene rings is 2.